The van der Waals surface area contributed by atoms with E-state index in [4.69, 9.17) is 0 Å². The van der Waals surface area contributed by atoms with Crippen molar-refractivity contribution in [2.45, 2.75) is 46.0 Å². The third-order valence-electron chi connectivity index (χ3n) is 2.71. The highest BCUT2D eigenvalue weighted by Gasteiger charge is 1.97. The molecule has 0 N–H and O–H groups in total. The largest absolute Gasteiger partial charge is 0.0995 e. The molecule has 0 spiro atoms. The molecule has 0 heterocycles. The van der Waals surface area contributed by atoms with Crippen LogP contribution in [-0.2, 0) is 6.42 Å². The minimum Gasteiger partial charge on any atom is -0.0995 e. The molecule has 0 aliphatic carbocycles. The molecule has 0 atom stereocenters. The lowest BCUT2D eigenvalue weighted by Crippen LogP contribution is -1.90. The lowest BCUT2D eigenvalue weighted by molar-refractivity contribution is 0.706. The van der Waals surface area contributed by atoms with Crippen molar-refractivity contribution in [1.82, 2.24) is 0 Å². The Bertz CT molecular complexity index is 292. The van der Waals surface area contributed by atoms with Crippen LogP contribution in [0.1, 0.15) is 43.7 Å². The number of hydrogen-bond donors (Lipinski definition) is 0. The van der Waals surface area contributed by atoms with Gasteiger partial charge in [-0.15, -0.1) is 0 Å². The average Bonchev–Trinajstić information content (AvgIpc) is 2.22. The zero-order valence-corrected chi connectivity index (χ0v) is 10.1. The van der Waals surface area contributed by atoms with Crippen LogP contribution in [0.5, 0.6) is 0 Å². The first kappa shape index (κ1) is 12.0. The monoisotopic (exact) mass is 202 g/mol. The molecule has 1 aromatic carbocycles. The maximum Gasteiger partial charge on any atom is -0.00698 e. The van der Waals surface area contributed by atoms with Gasteiger partial charge in [0.05, 0.1) is 0 Å². The predicted octanol–water partition coefficient (Wildman–Crippen LogP) is 4.67. The van der Waals surface area contributed by atoms with Crippen molar-refractivity contribution in [3.05, 3.63) is 47.5 Å². The van der Waals surface area contributed by atoms with Gasteiger partial charge in [0.25, 0.3) is 0 Å². The molecule has 1 rings (SSSR count). The summed E-state index contributed by atoms with van der Waals surface area (Å²) in [5.41, 5.74) is 4.09. The summed E-state index contributed by atoms with van der Waals surface area (Å²) in [6.45, 7) is 8.51. The van der Waals surface area contributed by atoms with Crippen LogP contribution in [-0.4, -0.2) is 0 Å². The van der Waals surface area contributed by atoms with Crippen LogP contribution in [0.4, 0.5) is 0 Å². The Hall–Kier alpha value is -1.04. The van der Waals surface area contributed by atoms with Crippen molar-refractivity contribution >= 4 is 0 Å². The smallest absolute Gasteiger partial charge is 0.00698 e. The van der Waals surface area contributed by atoms with Crippen molar-refractivity contribution in [3.8, 4) is 0 Å². The fourth-order valence-corrected chi connectivity index (χ4v) is 1.71. The fourth-order valence-electron chi connectivity index (χ4n) is 1.71. The third-order valence-corrected chi connectivity index (χ3v) is 2.71. The first-order valence-corrected chi connectivity index (χ1v) is 5.94. The number of aryl methyl sites for hydroxylation is 1. The molecule has 0 unspecified atom stereocenters. The molecule has 0 radical (unpaired) electrons. The Morgan fingerprint density at radius 3 is 2.40 bits per heavy atom. The molecule has 0 saturated carbocycles. The number of unbranched alkanes of at least 4 members (excludes halogenated alkanes) is 2. The second kappa shape index (κ2) is 6.44. The SMILES string of the molecule is C=C(CCCCC)Cc1ccc(C)cc1. The highest BCUT2D eigenvalue weighted by molar-refractivity contribution is 5.24. The molecule has 0 fully saturated rings. The van der Waals surface area contributed by atoms with Gasteiger partial charge in [0.1, 0.15) is 0 Å². The molecule has 0 saturated heterocycles. The first-order chi connectivity index (χ1) is 7.22. The number of rotatable bonds is 6. The van der Waals surface area contributed by atoms with Crippen LogP contribution in [0.3, 0.4) is 0 Å². The van der Waals surface area contributed by atoms with Gasteiger partial charge in [0.2, 0.25) is 0 Å². The summed E-state index contributed by atoms with van der Waals surface area (Å²) in [5, 5.41) is 0. The van der Waals surface area contributed by atoms with Gasteiger partial charge in [0.15, 0.2) is 0 Å². The Kier molecular flexibility index (Phi) is 5.17. The molecule has 0 heteroatoms. The van der Waals surface area contributed by atoms with Crippen molar-refractivity contribution in [2.24, 2.45) is 0 Å². The van der Waals surface area contributed by atoms with Gasteiger partial charge in [0, 0.05) is 0 Å². The molecule has 0 aliphatic rings. The maximum absolute atomic E-state index is 4.14. The Balaban J connectivity index is 2.34. The number of benzene rings is 1. The molecule has 0 nitrogen and oxygen atoms in total. The van der Waals surface area contributed by atoms with Crippen LogP contribution in [0.15, 0.2) is 36.4 Å². The van der Waals surface area contributed by atoms with Crippen LogP contribution in [0.2, 0.25) is 0 Å². The van der Waals surface area contributed by atoms with E-state index >= 15 is 0 Å². The van der Waals surface area contributed by atoms with Crippen molar-refractivity contribution < 1.29 is 0 Å². The zero-order chi connectivity index (χ0) is 11.1. The quantitative estimate of drug-likeness (QED) is 0.464. The fraction of sp³-hybridized carbons (Fsp3) is 0.467. The van der Waals surface area contributed by atoms with Crippen LogP contribution < -0.4 is 0 Å². The maximum atomic E-state index is 4.14. The Morgan fingerprint density at radius 1 is 1.13 bits per heavy atom. The van der Waals surface area contributed by atoms with Gasteiger partial charge in [-0.25, -0.2) is 0 Å². The van der Waals surface area contributed by atoms with E-state index in [1.165, 1.54) is 42.4 Å². The van der Waals surface area contributed by atoms with E-state index < -0.39 is 0 Å². The van der Waals surface area contributed by atoms with E-state index in [-0.39, 0.29) is 0 Å². The summed E-state index contributed by atoms with van der Waals surface area (Å²) >= 11 is 0. The van der Waals surface area contributed by atoms with Gasteiger partial charge in [-0.1, -0.05) is 61.7 Å². The molecule has 1 aromatic rings. The third kappa shape index (κ3) is 4.83. The second-order valence-corrected chi connectivity index (χ2v) is 4.37. The molecular formula is C15H22. The predicted molar refractivity (Wildman–Crippen MR) is 68.2 cm³/mol. The van der Waals surface area contributed by atoms with E-state index in [0.29, 0.717) is 0 Å². The first-order valence-electron chi connectivity index (χ1n) is 5.94. The highest BCUT2D eigenvalue weighted by atomic mass is 14.0. The van der Waals surface area contributed by atoms with E-state index in [0.717, 1.165) is 6.42 Å². The Labute approximate surface area is 94.0 Å². The molecule has 15 heavy (non-hydrogen) atoms. The van der Waals surface area contributed by atoms with E-state index in [1.807, 2.05) is 0 Å². The number of allylic oxidation sites excluding steroid dienone is 1. The summed E-state index contributed by atoms with van der Waals surface area (Å²) in [4.78, 5) is 0. The average molecular weight is 202 g/mol. The van der Waals surface area contributed by atoms with Crippen molar-refractivity contribution in [2.75, 3.05) is 0 Å². The lowest BCUT2D eigenvalue weighted by Gasteiger charge is -2.05. The summed E-state index contributed by atoms with van der Waals surface area (Å²) in [5.74, 6) is 0. The summed E-state index contributed by atoms with van der Waals surface area (Å²) in [6, 6.07) is 8.77. The minimum absolute atomic E-state index is 1.05. The molecular weight excluding hydrogens is 180 g/mol. The van der Waals surface area contributed by atoms with Crippen molar-refractivity contribution in [3.63, 3.8) is 0 Å². The summed E-state index contributed by atoms with van der Waals surface area (Å²) < 4.78 is 0. The van der Waals surface area contributed by atoms with E-state index in [2.05, 4.69) is 44.7 Å². The van der Waals surface area contributed by atoms with Crippen LogP contribution in [0, 0.1) is 6.92 Å². The Morgan fingerprint density at radius 2 is 1.80 bits per heavy atom. The minimum atomic E-state index is 1.05. The standard InChI is InChI=1S/C15H22/c1-4-5-6-7-14(3)12-15-10-8-13(2)9-11-15/h8-11H,3-7,12H2,1-2H3. The normalized spacial score (nSPS) is 10.3. The van der Waals surface area contributed by atoms with Crippen LogP contribution >= 0.6 is 0 Å². The van der Waals surface area contributed by atoms with Crippen LogP contribution in [0.25, 0.3) is 0 Å². The van der Waals surface area contributed by atoms with Crippen molar-refractivity contribution in [1.29, 1.82) is 0 Å². The molecule has 0 amide bonds. The number of hydrogen-bond acceptors (Lipinski definition) is 0. The topological polar surface area (TPSA) is 0 Å². The van der Waals surface area contributed by atoms with Gasteiger partial charge in [-0.3, -0.25) is 0 Å². The second-order valence-electron chi connectivity index (χ2n) is 4.37. The summed E-state index contributed by atoms with van der Waals surface area (Å²) in [7, 11) is 0. The van der Waals surface area contributed by atoms with E-state index in [9.17, 15) is 0 Å². The van der Waals surface area contributed by atoms with Gasteiger partial charge < -0.3 is 0 Å². The zero-order valence-electron chi connectivity index (χ0n) is 10.1. The lowest BCUT2D eigenvalue weighted by atomic mass is 10.0. The molecule has 82 valence electrons. The van der Waals surface area contributed by atoms with E-state index in [1.54, 1.807) is 0 Å². The highest BCUT2D eigenvalue weighted by Crippen LogP contribution is 2.13. The molecule has 0 bridgehead atoms. The summed E-state index contributed by atoms with van der Waals surface area (Å²) in [6.07, 6.45) is 6.14. The van der Waals surface area contributed by atoms with Gasteiger partial charge in [-0.05, 0) is 31.7 Å². The molecule has 0 aliphatic heterocycles. The molecule has 0 aromatic heterocycles. The van der Waals surface area contributed by atoms with Gasteiger partial charge in [-0.2, -0.15) is 0 Å². The van der Waals surface area contributed by atoms with Gasteiger partial charge >= 0.3 is 0 Å².